The van der Waals surface area contributed by atoms with Gasteiger partial charge >= 0.3 is 0 Å². The fourth-order valence-corrected chi connectivity index (χ4v) is 4.88. The molecule has 4 rings (SSSR count). The number of alkyl halides is 2. The predicted molar refractivity (Wildman–Crippen MR) is 124 cm³/mol. The molecule has 1 saturated heterocycles. The van der Waals surface area contributed by atoms with E-state index in [4.69, 9.17) is 11.6 Å². The summed E-state index contributed by atoms with van der Waals surface area (Å²) in [5.41, 5.74) is 0.214. The number of nitrogens with zero attached hydrogens (tertiary/aromatic N) is 1. The minimum Gasteiger partial charge on any atom is -0.351 e. The Balaban J connectivity index is 1.76. The molecule has 0 aromatic heterocycles. The lowest BCUT2D eigenvalue weighted by Crippen LogP contribution is -2.56. The molecule has 2 atom stereocenters. The zero-order chi connectivity index (χ0) is 24.7. The molecule has 2 aromatic rings. The first-order valence-electron chi connectivity index (χ1n) is 11.2. The zero-order valence-corrected chi connectivity index (χ0v) is 19.7. The lowest BCUT2D eigenvalue weighted by molar-refractivity contribution is -0.133. The number of hydrogen-bond acceptors (Lipinski definition) is 3. The average molecular weight is 494 g/mol. The van der Waals surface area contributed by atoms with Crippen molar-refractivity contribution < 1.29 is 22.8 Å². The fourth-order valence-electron chi connectivity index (χ4n) is 4.64. The van der Waals surface area contributed by atoms with E-state index in [1.54, 1.807) is 24.3 Å². The molecule has 2 fully saturated rings. The Hall–Kier alpha value is -2.58. The summed E-state index contributed by atoms with van der Waals surface area (Å²) in [4.78, 5) is 28.6. The first-order valence-corrected chi connectivity index (χ1v) is 11.6. The Morgan fingerprint density at radius 2 is 1.85 bits per heavy atom. The van der Waals surface area contributed by atoms with Crippen molar-refractivity contribution in [3.05, 3.63) is 64.9 Å². The van der Waals surface area contributed by atoms with Crippen molar-refractivity contribution in [3.63, 3.8) is 0 Å². The Labute approximate surface area is 201 Å². The lowest BCUT2D eigenvalue weighted by Gasteiger charge is -2.39. The minimum atomic E-state index is -2.82. The number of anilines is 1. The second kappa shape index (κ2) is 9.23. The molecule has 1 heterocycles. The maximum Gasteiger partial charge on any atom is 0.252 e. The molecule has 2 N–H and O–H groups in total. The van der Waals surface area contributed by atoms with Gasteiger partial charge < -0.3 is 10.6 Å². The van der Waals surface area contributed by atoms with Crippen molar-refractivity contribution >= 4 is 29.1 Å². The van der Waals surface area contributed by atoms with Crippen molar-refractivity contribution in [2.75, 3.05) is 4.90 Å². The summed E-state index contributed by atoms with van der Waals surface area (Å²) < 4.78 is 41.1. The third-order valence-corrected chi connectivity index (χ3v) is 6.73. The molecule has 182 valence electrons. The van der Waals surface area contributed by atoms with Gasteiger partial charge in [0.25, 0.3) is 5.92 Å². The third-order valence-electron chi connectivity index (χ3n) is 6.39. The normalized spacial score (nSPS) is 22.0. The number of halogens is 4. The van der Waals surface area contributed by atoms with Gasteiger partial charge in [-0.2, -0.15) is 0 Å². The molecule has 0 radical (unpaired) electrons. The molecule has 2 aliphatic rings. The van der Waals surface area contributed by atoms with Gasteiger partial charge in [-0.05, 0) is 51.0 Å². The molecule has 1 saturated carbocycles. The first-order chi connectivity index (χ1) is 16.0. The van der Waals surface area contributed by atoms with Crippen LogP contribution in [0.2, 0.25) is 5.02 Å². The highest BCUT2D eigenvalue weighted by Gasteiger charge is 2.48. The van der Waals surface area contributed by atoms with Gasteiger partial charge in [-0.1, -0.05) is 35.9 Å². The minimum absolute atomic E-state index is 0.176. The van der Waals surface area contributed by atoms with Gasteiger partial charge in [-0.25, -0.2) is 13.2 Å². The number of benzene rings is 2. The highest BCUT2D eigenvalue weighted by atomic mass is 35.5. The second-order valence-corrected chi connectivity index (χ2v) is 10.1. The maximum absolute atomic E-state index is 14.2. The van der Waals surface area contributed by atoms with E-state index in [9.17, 15) is 22.8 Å². The van der Waals surface area contributed by atoms with Gasteiger partial charge in [0.1, 0.15) is 11.9 Å². The molecule has 2 amide bonds. The largest absolute Gasteiger partial charge is 0.351 e. The molecule has 9 heteroatoms. The summed E-state index contributed by atoms with van der Waals surface area (Å²) in [6.07, 6.45) is 0.324. The van der Waals surface area contributed by atoms with Gasteiger partial charge in [-0.3, -0.25) is 14.5 Å². The predicted octanol–water partition coefficient (Wildman–Crippen LogP) is 5.00. The number of carbonyl (C=O) groups excluding carboxylic acids is 2. The van der Waals surface area contributed by atoms with Crippen molar-refractivity contribution in [2.24, 2.45) is 0 Å². The number of amides is 2. The summed E-state index contributed by atoms with van der Waals surface area (Å²) in [6, 6.07) is 9.34. The maximum atomic E-state index is 14.2. The molecule has 1 unspecified atom stereocenters. The molecule has 2 aromatic carbocycles. The van der Waals surface area contributed by atoms with Gasteiger partial charge in [0.15, 0.2) is 0 Å². The van der Waals surface area contributed by atoms with Gasteiger partial charge in [0.2, 0.25) is 11.8 Å². The van der Waals surface area contributed by atoms with Crippen LogP contribution in [0.15, 0.2) is 48.5 Å². The van der Waals surface area contributed by atoms with E-state index in [2.05, 4.69) is 10.6 Å². The number of nitrogens with one attached hydrogen (secondary N) is 2. The van der Waals surface area contributed by atoms with Gasteiger partial charge in [0.05, 0.1) is 6.04 Å². The van der Waals surface area contributed by atoms with Crippen LogP contribution in [0.4, 0.5) is 18.9 Å². The van der Waals surface area contributed by atoms with E-state index in [-0.39, 0.29) is 16.2 Å². The lowest BCUT2D eigenvalue weighted by atomic mass is 9.87. The average Bonchev–Trinajstić information content (AvgIpc) is 3.10. The molecule has 5 nitrogen and oxygen atoms in total. The van der Waals surface area contributed by atoms with Crippen molar-refractivity contribution in [3.8, 4) is 0 Å². The topological polar surface area (TPSA) is 61.4 Å². The van der Waals surface area contributed by atoms with Gasteiger partial charge in [0, 0.05) is 40.7 Å². The van der Waals surface area contributed by atoms with E-state index < -0.39 is 54.5 Å². The number of hydrogen-bond donors (Lipinski definition) is 2. The van der Waals surface area contributed by atoms with E-state index in [1.165, 1.54) is 29.2 Å². The molecule has 1 aliphatic heterocycles. The van der Waals surface area contributed by atoms with Crippen LogP contribution in [0, 0.1) is 5.82 Å². The quantitative estimate of drug-likeness (QED) is 0.595. The Kier molecular flexibility index (Phi) is 6.66. The standard InChI is InChI=1S/C25H27ClF3N3O2/c1-24(2)11-10-20(31-24)23(34)32(17-7-5-6-15(27)12-17)21(18-8-3-4-9-19(18)26)22(33)30-16-13-25(28,29)14-16/h3-9,12,16,20-21,31H,10-11,13-14H2,1-2H3,(H,30,33)/t20?,21-/m1/s1. The van der Waals surface area contributed by atoms with Crippen LogP contribution in [0.25, 0.3) is 0 Å². The van der Waals surface area contributed by atoms with Crippen LogP contribution in [0.5, 0.6) is 0 Å². The third kappa shape index (κ3) is 5.23. The summed E-state index contributed by atoms with van der Waals surface area (Å²) in [5.74, 6) is -4.47. The van der Waals surface area contributed by atoms with Crippen molar-refractivity contribution in [1.29, 1.82) is 0 Å². The highest BCUT2D eigenvalue weighted by Crippen LogP contribution is 2.39. The Morgan fingerprint density at radius 1 is 1.15 bits per heavy atom. The van der Waals surface area contributed by atoms with Gasteiger partial charge in [-0.15, -0.1) is 0 Å². The summed E-state index contributed by atoms with van der Waals surface area (Å²) >= 11 is 6.44. The molecule has 1 aliphatic carbocycles. The second-order valence-electron chi connectivity index (χ2n) is 9.70. The van der Waals surface area contributed by atoms with Crippen LogP contribution >= 0.6 is 11.6 Å². The summed E-state index contributed by atoms with van der Waals surface area (Å²) in [7, 11) is 0. The Bertz CT molecular complexity index is 1090. The van der Waals surface area contributed by atoms with Crippen molar-refractivity contribution in [2.45, 2.75) is 69.1 Å². The summed E-state index contributed by atoms with van der Waals surface area (Å²) in [5, 5.41) is 6.15. The van der Waals surface area contributed by atoms with E-state index in [1.807, 2.05) is 13.8 Å². The molecule has 0 bridgehead atoms. The molecule has 0 spiro atoms. The number of carbonyl (C=O) groups is 2. The molecular weight excluding hydrogens is 467 g/mol. The molecule has 34 heavy (non-hydrogen) atoms. The summed E-state index contributed by atoms with van der Waals surface area (Å²) in [6.45, 7) is 3.95. The van der Waals surface area contributed by atoms with Crippen LogP contribution < -0.4 is 15.5 Å². The Morgan fingerprint density at radius 3 is 2.44 bits per heavy atom. The smallest absolute Gasteiger partial charge is 0.252 e. The van der Waals surface area contributed by atoms with Crippen LogP contribution in [-0.2, 0) is 9.59 Å². The fraction of sp³-hybridized carbons (Fsp3) is 0.440. The van der Waals surface area contributed by atoms with E-state index in [0.29, 0.717) is 12.0 Å². The highest BCUT2D eigenvalue weighted by molar-refractivity contribution is 6.31. The van der Waals surface area contributed by atoms with Crippen LogP contribution in [0.1, 0.15) is 51.1 Å². The van der Waals surface area contributed by atoms with E-state index in [0.717, 1.165) is 6.42 Å². The van der Waals surface area contributed by atoms with Crippen molar-refractivity contribution in [1.82, 2.24) is 10.6 Å². The monoisotopic (exact) mass is 493 g/mol. The van der Waals surface area contributed by atoms with E-state index >= 15 is 0 Å². The zero-order valence-electron chi connectivity index (χ0n) is 19.0. The number of rotatable bonds is 6. The SMILES string of the molecule is CC1(C)CCC(C(=O)N(c2cccc(F)c2)[C@@H](C(=O)NC2CC(F)(F)C2)c2ccccc2Cl)N1. The van der Waals surface area contributed by atoms with Crippen LogP contribution in [-0.4, -0.2) is 35.4 Å². The van der Waals surface area contributed by atoms with Crippen LogP contribution in [0.3, 0.4) is 0 Å². The first kappa shape index (κ1) is 24.5. The molecular formula is C25H27ClF3N3O2.